The van der Waals surface area contributed by atoms with Crippen molar-refractivity contribution in [3.05, 3.63) is 68.2 Å². The highest BCUT2D eigenvalue weighted by Crippen LogP contribution is 2.41. The van der Waals surface area contributed by atoms with Crippen LogP contribution in [0.25, 0.3) is 6.08 Å². The van der Waals surface area contributed by atoms with Crippen LogP contribution in [0.3, 0.4) is 0 Å². The predicted octanol–water partition coefficient (Wildman–Crippen LogP) is 7.97. The lowest BCUT2D eigenvalue weighted by Gasteiger charge is -2.20. The minimum Gasteiger partial charge on any atom is -0.373 e. The number of anilines is 1. The van der Waals surface area contributed by atoms with Crippen LogP contribution in [0.1, 0.15) is 29.5 Å². The monoisotopic (exact) mass is 583 g/mol. The van der Waals surface area contributed by atoms with E-state index in [2.05, 4.69) is 5.32 Å². The van der Waals surface area contributed by atoms with Crippen molar-refractivity contribution < 1.29 is 40.1 Å². The zero-order valence-electron chi connectivity index (χ0n) is 17.9. The van der Waals surface area contributed by atoms with E-state index in [1.807, 2.05) is 0 Å². The summed E-state index contributed by atoms with van der Waals surface area (Å²) in [6.07, 6.45) is -8.34. The molecule has 36 heavy (non-hydrogen) atoms. The maximum Gasteiger partial charge on any atom is 0.418 e. The molecule has 15 heteroatoms. The second kappa shape index (κ2) is 11.8. The van der Waals surface area contributed by atoms with E-state index in [-0.39, 0.29) is 26.2 Å². The van der Waals surface area contributed by atoms with Gasteiger partial charge in [-0.2, -0.15) is 26.3 Å². The molecule has 0 saturated heterocycles. The average Bonchev–Trinajstić information content (AvgIpc) is 2.74. The van der Waals surface area contributed by atoms with Gasteiger partial charge in [-0.05, 0) is 42.3 Å². The second-order valence-electron chi connectivity index (χ2n) is 7.35. The Bertz CT molecular complexity index is 1100. The van der Waals surface area contributed by atoms with Crippen LogP contribution < -0.4 is 10.6 Å². The van der Waals surface area contributed by atoms with E-state index < -0.39 is 53.5 Å². The van der Waals surface area contributed by atoms with E-state index in [9.17, 15) is 40.1 Å². The molecule has 2 atom stereocenters. The topological polar surface area (TPSA) is 44.4 Å². The molecule has 0 aliphatic rings. The Hall–Kier alpha value is -2.28. The number of benzene rings is 2. The van der Waals surface area contributed by atoms with Crippen molar-refractivity contribution in [2.75, 3.05) is 12.0 Å². The maximum atomic E-state index is 13.7. The van der Waals surface area contributed by atoms with Gasteiger partial charge in [-0.15, -0.1) is 0 Å². The van der Waals surface area contributed by atoms with Gasteiger partial charge in [0.15, 0.2) is 0 Å². The maximum absolute atomic E-state index is 13.7. The lowest BCUT2D eigenvalue weighted by Crippen LogP contribution is -2.40. The van der Waals surface area contributed by atoms with Crippen molar-refractivity contribution in [2.45, 2.75) is 31.2 Å². The highest BCUT2D eigenvalue weighted by Gasteiger charge is 2.39. The third kappa shape index (κ3) is 8.12. The first-order chi connectivity index (χ1) is 16.5. The largest absolute Gasteiger partial charge is 0.418 e. The summed E-state index contributed by atoms with van der Waals surface area (Å²) in [6, 6.07) is 3.11. The van der Waals surface area contributed by atoms with Crippen LogP contribution in [0.5, 0.6) is 0 Å². The predicted molar refractivity (Wildman–Crippen MR) is 121 cm³/mol. The summed E-state index contributed by atoms with van der Waals surface area (Å²) in [4.78, 5) is 11.8. The molecule has 0 spiro atoms. The zero-order valence-corrected chi connectivity index (χ0v) is 20.2. The number of carbonyl (C=O) groups is 1. The quantitative estimate of drug-likeness (QED) is 0.143. The van der Waals surface area contributed by atoms with E-state index in [0.717, 1.165) is 37.3 Å². The molecule has 0 aliphatic carbocycles. The first-order valence-corrected chi connectivity index (χ1v) is 10.9. The fourth-order valence-corrected chi connectivity index (χ4v) is 3.60. The second-order valence-corrected chi connectivity index (χ2v) is 8.54. The summed E-state index contributed by atoms with van der Waals surface area (Å²) in [5.41, 5.74) is -2.49. The average molecular weight is 585 g/mol. The van der Waals surface area contributed by atoms with Crippen molar-refractivity contribution in [2.24, 2.45) is 0 Å². The van der Waals surface area contributed by atoms with Gasteiger partial charge in [0.05, 0.1) is 26.5 Å². The third-order valence-corrected chi connectivity index (χ3v) is 5.88. The van der Waals surface area contributed by atoms with E-state index in [1.165, 1.54) is 0 Å². The van der Waals surface area contributed by atoms with Crippen LogP contribution in [0.2, 0.25) is 15.1 Å². The molecule has 4 nitrogen and oxygen atoms in total. The summed E-state index contributed by atoms with van der Waals surface area (Å²) in [6.45, 7) is -0.00839. The van der Waals surface area contributed by atoms with Gasteiger partial charge in [0.2, 0.25) is 5.91 Å². The molecule has 0 radical (unpaired) electrons. The van der Waals surface area contributed by atoms with Crippen LogP contribution in [0, 0.1) is 0 Å². The van der Waals surface area contributed by atoms with Crippen molar-refractivity contribution >= 4 is 52.5 Å². The summed E-state index contributed by atoms with van der Waals surface area (Å²) < 4.78 is 106. The number of halogens is 11. The number of hydrogen-bond acceptors (Lipinski definition) is 3. The van der Waals surface area contributed by atoms with Crippen LogP contribution in [0.15, 0.2) is 36.4 Å². The first-order valence-electron chi connectivity index (χ1n) is 9.74. The molecule has 0 aromatic heterocycles. The van der Waals surface area contributed by atoms with Gasteiger partial charge < -0.3 is 10.6 Å². The van der Waals surface area contributed by atoms with Crippen LogP contribution in [-0.2, 0) is 11.0 Å². The number of nitrogens with zero attached hydrogens (tertiary/aromatic N) is 1. The van der Waals surface area contributed by atoms with Crippen molar-refractivity contribution in [1.82, 2.24) is 10.7 Å². The standard InChI is InChI=1S/C21H16Cl3F8N3O/c1-10(19(36)33-9-35(31)32)34-17-5-3-11(6-14(17)21(28,29)30)2-4-13(20(25,26)27)12-7-15(22)18(24)16(23)8-12/h2-8,10,13,34H,9H2,1H3,(H,33,36)/b4-2+. The molecule has 2 N–H and O–H groups in total. The third-order valence-electron chi connectivity index (χ3n) is 4.69. The van der Waals surface area contributed by atoms with E-state index in [4.69, 9.17) is 34.8 Å². The molecule has 0 bridgehead atoms. The Labute approximate surface area is 214 Å². The number of carbonyl (C=O) groups excluding carboxylic acids is 1. The Morgan fingerprint density at radius 2 is 1.61 bits per heavy atom. The highest BCUT2D eigenvalue weighted by molar-refractivity contribution is 6.48. The number of nitrogens with one attached hydrogen (secondary N) is 2. The van der Waals surface area contributed by atoms with Gasteiger partial charge >= 0.3 is 12.4 Å². The van der Waals surface area contributed by atoms with Gasteiger partial charge in [0, 0.05) is 11.0 Å². The molecule has 2 rings (SSSR count). The highest BCUT2D eigenvalue weighted by atomic mass is 35.5. The molecule has 2 unspecified atom stereocenters. The van der Waals surface area contributed by atoms with Gasteiger partial charge in [-0.3, -0.25) is 4.79 Å². The lowest BCUT2D eigenvalue weighted by atomic mass is 9.96. The van der Waals surface area contributed by atoms with Gasteiger partial charge in [0.25, 0.3) is 0 Å². The SMILES string of the molecule is CC(Nc1ccc(/C=C/C(c2cc(Cl)c(Cl)c(Cl)c2)C(F)(F)F)cc1C(F)(F)F)C(=O)NCN(F)F. The van der Waals surface area contributed by atoms with Crippen LogP contribution >= 0.6 is 34.8 Å². The van der Waals surface area contributed by atoms with Crippen molar-refractivity contribution in [3.8, 4) is 0 Å². The zero-order chi connectivity index (χ0) is 27.4. The number of rotatable bonds is 8. The Kier molecular flexibility index (Phi) is 9.85. The molecule has 2 aromatic carbocycles. The van der Waals surface area contributed by atoms with Crippen molar-refractivity contribution in [1.29, 1.82) is 0 Å². The fourth-order valence-electron chi connectivity index (χ4n) is 2.99. The Balaban J connectivity index is 2.38. The number of alkyl halides is 6. The molecule has 1 amide bonds. The molecule has 198 valence electrons. The normalized spacial score (nSPS) is 14.2. The molecular formula is C21H16Cl3F8N3O. The van der Waals surface area contributed by atoms with E-state index in [0.29, 0.717) is 12.1 Å². The summed E-state index contributed by atoms with van der Waals surface area (Å²) in [5.74, 6) is -3.29. The summed E-state index contributed by atoms with van der Waals surface area (Å²) >= 11 is 17.4. The van der Waals surface area contributed by atoms with Gasteiger partial charge in [0.1, 0.15) is 12.7 Å². The Morgan fingerprint density at radius 1 is 1.03 bits per heavy atom. The molecular weight excluding hydrogens is 569 g/mol. The Morgan fingerprint density at radius 3 is 2.11 bits per heavy atom. The molecule has 0 fully saturated rings. The number of allylic oxidation sites excluding steroid dienone is 1. The molecule has 0 heterocycles. The van der Waals surface area contributed by atoms with E-state index >= 15 is 0 Å². The van der Waals surface area contributed by atoms with Crippen LogP contribution in [0.4, 0.5) is 41.0 Å². The molecule has 2 aromatic rings. The first kappa shape index (κ1) is 29.9. The van der Waals surface area contributed by atoms with Crippen molar-refractivity contribution in [3.63, 3.8) is 0 Å². The number of amides is 1. The number of hydrogen-bond donors (Lipinski definition) is 2. The fraction of sp³-hybridized carbons (Fsp3) is 0.286. The minimum atomic E-state index is -4.96. The summed E-state index contributed by atoms with van der Waals surface area (Å²) in [7, 11) is 0. The minimum absolute atomic E-state index is 0.153. The smallest absolute Gasteiger partial charge is 0.373 e. The molecule has 0 aliphatic heterocycles. The van der Waals surface area contributed by atoms with E-state index in [1.54, 1.807) is 5.32 Å². The van der Waals surface area contributed by atoms with Gasteiger partial charge in [-0.1, -0.05) is 62.0 Å². The lowest BCUT2D eigenvalue weighted by molar-refractivity contribution is -0.162. The van der Waals surface area contributed by atoms with Crippen LogP contribution in [-0.4, -0.2) is 30.1 Å². The summed E-state index contributed by atoms with van der Waals surface area (Å²) in [5, 5.41) is 2.09. The molecule has 0 saturated carbocycles. The van der Waals surface area contributed by atoms with Gasteiger partial charge in [-0.25, -0.2) is 0 Å².